The maximum atomic E-state index is 14.6. The highest BCUT2D eigenvalue weighted by Crippen LogP contribution is 2.48. The summed E-state index contributed by atoms with van der Waals surface area (Å²) in [6.07, 6.45) is 15.0. The zero-order chi connectivity index (χ0) is 37.3. The number of benzene rings is 2. The summed E-state index contributed by atoms with van der Waals surface area (Å²) < 4.78 is 38.1. The molecule has 9 rings (SSSR count). The average molecular weight is 751 g/mol. The number of piperazine rings is 1. The van der Waals surface area contributed by atoms with Crippen LogP contribution in [0.1, 0.15) is 128 Å². The highest BCUT2D eigenvalue weighted by atomic mass is 32.2. The number of amides is 2. The van der Waals surface area contributed by atoms with Gasteiger partial charge in [-0.15, -0.1) is 0 Å². The molecule has 54 heavy (non-hydrogen) atoms. The molecule has 4 fully saturated rings. The van der Waals surface area contributed by atoms with Crippen LogP contribution in [-0.4, -0.2) is 77.0 Å². The molecule has 11 nitrogen and oxygen atoms in total. The van der Waals surface area contributed by atoms with E-state index in [0.717, 1.165) is 103 Å². The number of allylic oxidation sites excluding steroid dienone is 1. The number of fused-ring (bicyclic) bond motifs is 7. The molecule has 2 aromatic heterocycles. The molecule has 0 spiro atoms. The first kappa shape index (κ1) is 35.3. The van der Waals surface area contributed by atoms with Gasteiger partial charge < -0.3 is 19.5 Å². The molecule has 2 saturated heterocycles. The number of carbonyl (C=O) groups is 2. The topological polar surface area (TPSA) is 128 Å². The number of methoxy groups -OCH3 is 1. The van der Waals surface area contributed by atoms with Crippen molar-refractivity contribution in [1.29, 1.82) is 0 Å². The predicted octanol–water partition coefficient (Wildman–Crippen LogP) is 6.88. The van der Waals surface area contributed by atoms with Crippen molar-refractivity contribution in [2.45, 2.75) is 114 Å². The summed E-state index contributed by atoms with van der Waals surface area (Å²) in [7, 11) is -2.15. The van der Waals surface area contributed by atoms with Gasteiger partial charge in [-0.25, -0.2) is 13.1 Å². The van der Waals surface area contributed by atoms with Crippen molar-refractivity contribution in [2.24, 2.45) is 0 Å². The van der Waals surface area contributed by atoms with Crippen LogP contribution in [0.3, 0.4) is 0 Å². The standard InChI is InChI=1S/C42H50N6O5S/c1-25(2)54(51,52)45-41(49)27-12-16-35-37(20-27)47-22-29(18-28-19-33(53-3)15-17-34(28)40(47)38(35)26-8-5-4-6-9-26)39-36(21-43-48(39)32-10-7-11-32)42(50)46-23-30-13-14-31(24-46)44-30/h12,15-21,25-26,30-32,44H,4-11,13-14,22-24H2,1-3H3,(H,45,49). The predicted molar refractivity (Wildman–Crippen MR) is 210 cm³/mol. The molecular weight excluding hydrogens is 701 g/mol. The number of rotatable bonds is 8. The summed E-state index contributed by atoms with van der Waals surface area (Å²) in [5, 5.41) is 8.94. The van der Waals surface area contributed by atoms with Crippen molar-refractivity contribution in [2.75, 3.05) is 20.2 Å². The van der Waals surface area contributed by atoms with Crippen LogP contribution in [0, 0.1) is 0 Å². The first-order valence-corrected chi connectivity index (χ1v) is 21.4. The van der Waals surface area contributed by atoms with Crippen LogP contribution in [0.5, 0.6) is 5.75 Å². The molecule has 4 aromatic rings. The second kappa shape index (κ2) is 13.7. The second-order valence-electron chi connectivity index (χ2n) is 16.3. The fourth-order valence-electron chi connectivity index (χ4n) is 9.51. The molecule has 2 N–H and O–H groups in total. The maximum Gasteiger partial charge on any atom is 0.264 e. The highest BCUT2D eigenvalue weighted by molar-refractivity contribution is 7.90. The number of sulfonamides is 1. The molecule has 2 aromatic carbocycles. The molecular formula is C42H50N6O5S. The SMILES string of the molecule is COc1ccc2c(c1)C=C(c1c(C(=O)N3CC4CCC(C3)N4)cnn1C1CCC1)Cn1c-2c(C2CCCCC2)c2ccc(C(=O)NS(=O)(=O)C(C)C)cc21. The van der Waals surface area contributed by atoms with E-state index in [9.17, 15) is 18.0 Å². The van der Waals surface area contributed by atoms with Gasteiger partial charge in [0.1, 0.15) is 5.75 Å². The Morgan fingerprint density at radius 1 is 0.926 bits per heavy atom. The fraction of sp³-hybridized carbons (Fsp3) is 0.500. The van der Waals surface area contributed by atoms with Gasteiger partial charge in [0, 0.05) is 47.2 Å². The lowest BCUT2D eigenvalue weighted by atomic mass is 9.81. The summed E-state index contributed by atoms with van der Waals surface area (Å²) in [5.74, 6) is 0.459. The van der Waals surface area contributed by atoms with Crippen molar-refractivity contribution >= 4 is 44.4 Å². The van der Waals surface area contributed by atoms with Gasteiger partial charge in [-0.1, -0.05) is 25.3 Å². The lowest BCUT2D eigenvalue weighted by molar-refractivity contribution is 0.0696. The number of hydrogen-bond donors (Lipinski definition) is 2. The third kappa shape index (κ3) is 6.05. The minimum absolute atomic E-state index is 0.0239. The minimum Gasteiger partial charge on any atom is -0.497 e. The quantitative estimate of drug-likeness (QED) is 0.201. The van der Waals surface area contributed by atoms with E-state index < -0.39 is 21.2 Å². The van der Waals surface area contributed by atoms with Crippen LogP contribution >= 0.6 is 0 Å². The lowest BCUT2D eigenvalue weighted by Gasteiger charge is -2.33. The Morgan fingerprint density at radius 2 is 1.69 bits per heavy atom. The summed E-state index contributed by atoms with van der Waals surface area (Å²) >= 11 is 0. The minimum atomic E-state index is -3.83. The van der Waals surface area contributed by atoms with E-state index in [4.69, 9.17) is 9.84 Å². The van der Waals surface area contributed by atoms with Gasteiger partial charge in [0.15, 0.2) is 0 Å². The normalized spacial score (nSPS) is 21.7. The first-order chi connectivity index (χ1) is 26.1. The number of ether oxygens (including phenoxy) is 1. The lowest BCUT2D eigenvalue weighted by Crippen LogP contribution is -2.53. The number of aromatic nitrogens is 3. The third-order valence-corrected chi connectivity index (χ3v) is 14.4. The number of nitrogens with one attached hydrogen (secondary N) is 2. The van der Waals surface area contributed by atoms with E-state index in [1.807, 2.05) is 23.1 Å². The Kier molecular flexibility index (Phi) is 8.96. The van der Waals surface area contributed by atoms with E-state index in [2.05, 4.69) is 37.5 Å². The molecule has 2 atom stereocenters. The number of carbonyl (C=O) groups excluding carboxylic acids is 2. The van der Waals surface area contributed by atoms with Crippen LogP contribution in [0.15, 0.2) is 42.6 Å². The Bertz CT molecular complexity index is 2280. The van der Waals surface area contributed by atoms with Crippen molar-refractivity contribution in [3.63, 3.8) is 0 Å². The molecule has 2 amide bonds. The Morgan fingerprint density at radius 3 is 2.37 bits per heavy atom. The van der Waals surface area contributed by atoms with E-state index in [1.54, 1.807) is 33.2 Å². The average Bonchev–Trinajstić information content (AvgIpc) is 3.79. The third-order valence-electron chi connectivity index (χ3n) is 12.7. The summed E-state index contributed by atoms with van der Waals surface area (Å²) in [4.78, 5) is 30.2. The first-order valence-electron chi connectivity index (χ1n) is 19.8. The van der Waals surface area contributed by atoms with E-state index in [1.165, 1.54) is 12.0 Å². The van der Waals surface area contributed by atoms with Crippen LogP contribution in [0.25, 0.3) is 33.8 Å². The number of likely N-dealkylation sites (tertiary alicyclic amines) is 1. The molecule has 5 aliphatic rings. The molecule has 2 unspecified atom stereocenters. The van der Waals surface area contributed by atoms with Crippen LogP contribution < -0.4 is 14.8 Å². The smallest absolute Gasteiger partial charge is 0.264 e. The van der Waals surface area contributed by atoms with Crippen molar-refractivity contribution in [1.82, 2.24) is 29.3 Å². The molecule has 3 aliphatic heterocycles. The molecule has 2 aliphatic carbocycles. The van der Waals surface area contributed by atoms with Crippen LogP contribution in [0.2, 0.25) is 0 Å². The van der Waals surface area contributed by atoms with Crippen molar-refractivity contribution in [3.8, 4) is 17.0 Å². The molecule has 12 heteroatoms. The largest absolute Gasteiger partial charge is 0.497 e. The Labute approximate surface area is 317 Å². The van der Waals surface area contributed by atoms with E-state index in [0.29, 0.717) is 43.2 Å². The van der Waals surface area contributed by atoms with Gasteiger partial charge in [-0.2, -0.15) is 5.10 Å². The zero-order valence-electron chi connectivity index (χ0n) is 31.4. The highest BCUT2D eigenvalue weighted by Gasteiger charge is 2.38. The number of hydrogen-bond acceptors (Lipinski definition) is 7. The number of nitrogens with zero attached hydrogens (tertiary/aromatic N) is 4. The summed E-state index contributed by atoms with van der Waals surface area (Å²) in [6, 6.07) is 12.7. The van der Waals surface area contributed by atoms with Gasteiger partial charge in [-0.05, 0) is 118 Å². The summed E-state index contributed by atoms with van der Waals surface area (Å²) in [5.41, 5.74) is 8.06. The Balaban J connectivity index is 1.25. The zero-order valence-corrected chi connectivity index (χ0v) is 32.3. The van der Waals surface area contributed by atoms with E-state index in [-0.39, 0.29) is 17.5 Å². The van der Waals surface area contributed by atoms with Gasteiger partial charge in [-0.3, -0.25) is 14.3 Å². The van der Waals surface area contributed by atoms with Gasteiger partial charge in [0.05, 0.1) is 48.1 Å². The van der Waals surface area contributed by atoms with Gasteiger partial charge in [0.2, 0.25) is 10.0 Å². The second-order valence-corrected chi connectivity index (χ2v) is 18.6. The molecule has 2 bridgehead atoms. The molecule has 284 valence electrons. The Hall–Kier alpha value is -4.42. The molecule has 5 heterocycles. The maximum absolute atomic E-state index is 14.6. The van der Waals surface area contributed by atoms with Crippen LogP contribution in [-0.2, 0) is 16.6 Å². The van der Waals surface area contributed by atoms with E-state index >= 15 is 0 Å². The molecule has 2 saturated carbocycles. The fourth-order valence-corrected chi connectivity index (χ4v) is 10.1. The van der Waals surface area contributed by atoms with Crippen molar-refractivity contribution < 1.29 is 22.7 Å². The van der Waals surface area contributed by atoms with Crippen LogP contribution in [0.4, 0.5) is 0 Å². The monoisotopic (exact) mass is 750 g/mol. The molecule has 0 radical (unpaired) electrons. The summed E-state index contributed by atoms with van der Waals surface area (Å²) in [6.45, 7) is 4.94. The van der Waals surface area contributed by atoms with Gasteiger partial charge >= 0.3 is 0 Å². The van der Waals surface area contributed by atoms with Crippen molar-refractivity contribution in [3.05, 3.63) is 70.5 Å². The van der Waals surface area contributed by atoms with Gasteiger partial charge in [0.25, 0.3) is 11.8 Å².